The molecule has 8 nitrogen and oxygen atoms in total. The van der Waals surface area contributed by atoms with Gasteiger partial charge in [-0.05, 0) is 18.2 Å². The van der Waals surface area contributed by atoms with Gasteiger partial charge in [-0.15, -0.1) is 0 Å². The van der Waals surface area contributed by atoms with Crippen molar-refractivity contribution in [2.75, 3.05) is 20.0 Å². The molecule has 0 radical (unpaired) electrons. The molecule has 2 aromatic heterocycles. The van der Waals surface area contributed by atoms with Crippen LogP contribution < -0.4 is 20.6 Å². The number of anilines is 1. The zero-order valence-corrected chi connectivity index (χ0v) is 12.5. The first kappa shape index (κ1) is 14.6. The van der Waals surface area contributed by atoms with Crippen molar-refractivity contribution in [2.45, 2.75) is 0 Å². The van der Waals surface area contributed by atoms with E-state index in [0.717, 1.165) is 0 Å². The molecule has 3 rings (SSSR count). The smallest absolute Gasteiger partial charge is 0.220 e. The zero-order valence-electron chi connectivity index (χ0n) is 12.5. The lowest BCUT2D eigenvalue weighted by Crippen LogP contribution is -2.05. The molecule has 3 N–H and O–H groups in total. The van der Waals surface area contributed by atoms with Crippen molar-refractivity contribution in [3.63, 3.8) is 0 Å². The van der Waals surface area contributed by atoms with Gasteiger partial charge in [0.25, 0.3) is 0 Å². The molecule has 3 aromatic rings. The first-order chi connectivity index (χ1) is 11.2. The molecule has 118 valence electrons. The molecule has 0 aliphatic carbocycles. The average molecular weight is 314 g/mol. The summed E-state index contributed by atoms with van der Waals surface area (Å²) in [6.45, 7) is 0. The van der Waals surface area contributed by atoms with E-state index in [1.165, 1.54) is 20.4 Å². The number of benzene rings is 1. The maximum atomic E-state index is 9.31. The standard InChI is InChI=1S/C15H14N4O4/c1-21-11-4-3-8-10(19-20)7-12(23-13(8)14(11)22-2)9-5-6-17-15(16)18-9/h3-7,20H,1-2H3,(H2,16,17,18)/b19-10+. The van der Waals surface area contributed by atoms with Crippen LogP contribution in [-0.2, 0) is 0 Å². The van der Waals surface area contributed by atoms with Crippen molar-refractivity contribution in [2.24, 2.45) is 5.16 Å². The second kappa shape index (κ2) is 5.84. The molecule has 0 saturated carbocycles. The van der Waals surface area contributed by atoms with E-state index in [9.17, 15) is 5.21 Å². The third kappa shape index (κ3) is 2.50. The van der Waals surface area contributed by atoms with Crippen LogP contribution in [0.1, 0.15) is 0 Å². The Labute approximate surface area is 130 Å². The topological polar surface area (TPSA) is 116 Å². The maximum Gasteiger partial charge on any atom is 0.220 e. The van der Waals surface area contributed by atoms with Crippen LogP contribution in [0, 0.1) is 0 Å². The lowest BCUT2D eigenvalue weighted by atomic mass is 10.1. The highest BCUT2D eigenvalue weighted by atomic mass is 16.5. The predicted molar refractivity (Wildman–Crippen MR) is 82.1 cm³/mol. The van der Waals surface area contributed by atoms with Crippen molar-refractivity contribution in [3.05, 3.63) is 35.8 Å². The van der Waals surface area contributed by atoms with Gasteiger partial charge in [0, 0.05) is 12.3 Å². The molecule has 0 saturated heterocycles. The Hall–Kier alpha value is -3.29. The Balaban J connectivity index is 2.38. The molecular formula is C15H14N4O4. The second-order valence-electron chi connectivity index (χ2n) is 4.57. The number of nitrogens with two attached hydrogens (primary N) is 1. The highest BCUT2D eigenvalue weighted by Gasteiger charge is 2.15. The number of nitrogen functional groups attached to an aromatic ring is 1. The Morgan fingerprint density at radius 3 is 2.70 bits per heavy atom. The Morgan fingerprint density at radius 2 is 2.04 bits per heavy atom. The van der Waals surface area contributed by atoms with E-state index in [-0.39, 0.29) is 5.95 Å². The summed E-state index contributed by atoms with van der Waals surface area (Å²) in [5.74, 6) is 1.34. The Kier molecular flexibility index (Phi) is 3.71. The summed E-state index contributed by atoms with van der Waals surface area (Å²) in [6, 6.07) is 6.60. The van der Waals surface area contributed by atoms with Crippen LogP contribution in [0.2, 0.25) is 0 Å². The van der Waals surface area contributed by atoms with E-state index in [4.69, 9.17) is 19.6 Å². The van der Waals surface area contributed by atoms with Crippen LogP contribution in [-0.4, -0.2) is 29.4 Å². The molecule has 0 fully saturated rings. The van der Waals surface area contributed by atoms with Crippen LogP contribution in [0.3, 0.4) is 0 Å². The van der Waals surface area contributed by atoms with Gasteiger partial charge in [-0.3, -0.25) is 0 Å². The maximum absolute atomic E-state index is 9.31. The summed E-state index contributed by atoms with van der Waals surface area (Å²) in [4.78, 5) is 7.94. The Morgan fingerprint density at radius 1 is 1.22 bits per heavy atom. The zero-order chi connectivity index (χ0) is 16.4. The fourth-order valence-electron chi connectivity index (χ4n) is 2.26. The van der Waals surface area contributed by atoms with Crippen LogP contribution in [0.25, 0.3) is 22.4 Å². The minimum Gasteiger partial charge on any atom is -0.493 e. The fourth-order valence-corrected chi connectivity index (χ4v) is 2.26. The summed E-state index contributed by atoms with van der Waals surface area (Å²) in [7, 11) is 3.02. The van der Waals surface area contributed by atoms with Crippen molar-refractivity contribution < 1.29 is 19.1 Å². The minimum atomic E-state index is 0.109. The van der Waals surface area contributed by atoms with Crippen molar-refractivity contribution >= 4 is 16.9 Å². The third-order valence-electron chi connectivity index (χ3n) is 3.29. The number of hydrogen-bond acceptors (Lipinski definition) is 8. The normalized spacial score (nSPS) is 11.7. The molecular weight excluding hydrogens is 300 g/mol. The van der Waals surface area contributed by atoms with E-state index in [1.807, 2.05) is 0 Å². The summed E-state index contributed by atoms with van der Waals surface area (Å²) >= 11 is 0. The Bertz CT molecular complexity index is 936. The number of nitrogens with zero attached hydrogens (tertiary/aromatic N) is 3. The SMILES string of the molecule is COc1ccc2/c(=N/O)cc(-c3ccnc(N)n3)oc2c1OC. The monoisotopic (exact) mass is 314 g/mol. The molecule has 0 aliphatic heterocycles. The molecule has 0 atom stereocenters. The minimum absolute atomic E-state index is 0.109. The van der Waals surface area contributed by atoms with Crippen molar-refractivity contribution in [3.8, 4) is 23.0 Å². The second-order valence-corrected chi connectivity index (χ2v) is 4.57. The van der Waals surface area contributed by atoms with Crippen molar-refractivity contribution in [1.29, 1.82) is 0 Å². The highest BCUT2D eigenvalue weighted by Crippen LogP contribution is 2.35. The van der Waals surface area contributed by atoms with Crippen LogP contribution in [0.4, 0.5) is 5.95 Å². The number of methoxy groups -OCH3 is 2. The lowest BCUT2D eigenvalue weighted by Gasteiger charge is -2.11. The molecule has 0 aliphatic rings. The first-order valence-corrected chi connectivity index (χ1v) is 6.63. The highest BCUT2D eigenvalue weighted by molar-refractivity contribution is 5.86. The predicted octanol–water partition coefficient (Wildman–Crippen LogP) is 1.78. The molecule has 1 aromatic carbocycles. The van der Waals surface area contributed by atoms with Gasteiger partial charge in [0.1, 0.15) is 11.1 Å². The quantitative estimate of drug-likeness (QED) is 0.559. The van der Waals surface area contributed by atoms with Gasteiger partial charge in [-0.25, -0.2) is 9.97 Å². The number of ether oxygens (including phenoxy) is 2. The van der Waals surface area contributed by atoms with Crippen LogP contribution in [0.5, 0.6) is 11.5 Å². The van der Waals surface area contributed by atoms with Crippen molar-refractivity contribution in [1.82, 2.24) is 9.97 Å². The molecule has 2 heterocycles. The summed E-state index contributed by atoms with van der Waals surface area (Å²) in [6.07, 6.45) is 1.51. The van der Waals surface area contributed by atoms with E-state index in [2.05, 4.69) is 15.1 Å². The molecule has 0 spiro atoms. The number of aromatic nitrogens is 2. The number of fused-ring (bicyclic) bond motifs is 1. The van der Waals surface area contributed by atoms with Gasteiger partial charge in [-0.2, -0.15) is 0 Å². The third-order valence-corrected chi connectivity index (χ3v) is 3.29. The van der Waals surface area contributed by atoms with Gasteiger partial charge in [0.15, 0.2) is 17.1 Å². The summed E-state index contributed by atoms with van der Waals surface area (Å²) in [5.41, 5.74) is 6.42. The fraction of sp³-hybridized carbons (Fsp3) is 0.133. The molecule has 0 amide bonds. The number of rotatable bonds is 3. The molecule has 8 heteroatoms. The van der Waals surface area contributed by atoms with Crippen LogP contribution in [0.15, 0.2) is 40.0 Å². The first-order valence-electron chi connectivity index (χ1n) is 6.63. The summed E-state index contributed by atoms with van der Waals surface area (Å²) < 4.78 is 16.5. The van der Waals surface area contributed by atoms with Gasteiger partial charge in [0.05, 0.1) is 19.6 Å². The van der Waals surface area contributed by atoms with E-state index < -0.39 is 0 Å². The average Bonchev–Trinajstić information content (AvgIpc) is 2.59. The summed E-state index contributed by atoms with van der Waals surface area (Å²) in [5, 5.41) is 13.5. The molecule has 0 unspecified atom stereocenters. The largest absolute Gasteiger partial charge is 0.493 e. The van der Waals surface area contributed by atoms with Gasteiger partial charge in [0.2, 0.25) is 11.7 Å². The number of hydrogen-bond donors (Lipinski definition) is 2. The van der Waals surface area contributed by atoms with Gasteiger partial charge < -0.3 is 24.8 Å². The molecule has 0 bridgehead atoms. The van der Waals surface area contributed by atoms with E-state index in [0.29, 0.717) is 39.3 Å². The van der Waals surface area contributed by atoms with Gasteiger partial charge in [-0.1, -0.05) is 5.16 Å². The van der Waals surface area contributed by atoms with E-state index in [1.54, 1.807) is 24.3 Å². The lowest BCUT2D eigenvalue weighted by molar-refractivity contribution is 0.302. The molecule has 23 heavy (non-hydrogen) atoms. The van der Waals surface area contributed by atoms with Gasteiger partial charge >= 0.3 is 0 Å². The van der Waals surface area contributed by atoms with Crippen LogP contribution >= 0.6 is 0 Å². The van der Waals surface area contributed by atoms with E-state index >= 15 is 0 Å².